The maximum Gasteiger partial charge on any atom is 0.573 e. The van der Waals surface area contributed by atoms with Gasteiger partial charge in [0.15, 0.2) is 0 Å². The molecule has 0 unspecified atom stereocenters. The van der Waals surface area contributed by atoms with Crippen LogP contribution < -0.4 is 21.1 Å². The molecule has 1 amide bonds. The molecule has 3 aromatic rings. The van der Waals surface area contributed by atoms with E-state index in [-0.39, 0.29) is 48.1 Å². The number of nitrogens with one attached hydrogen (secondary N) is 2. The average Bonchev–Trinajstić information content (AvgIpc) is 2.98. The van der Waals surface area contributed by atoms with E-state index >= 15 is 0 Å². The summed E-state index contributed by atoms with van der Waals surface area (Å²) in [5, 5.41) is 5.80. The number of carbonyl (C=O) groups excluding carboxylic acids is 1. The highest BCUT2D eigenvalue weighted by Crippen LogP contribution is 2.32. The van der Waals surface area contributed by atoms with Crippen molar-refractivity contribution >= 4 is 27.6 Å². The lowest BCUT2D eigenvalue weighted by Gasteiger charge is -2.37. The first-order valence-corrected chi connectivity index (χ1v) is 15.1. The summed E-state index contributed by atoms with van der Waals surface area (Å²) in [5.41, 5.74) is 6.06. The number of rotatable bonds is 11. The Morgan fingerprint density at radius 2 is 1.75 bits per heavy atom. The van der Waals surface area contributed by atoms with E-state index in [2.05, 4.69) is 25.3 Å². The molecule has 0 saturated carbocycles. The number of hydrogen-bond acceptors (Lipinski definition) is 8. The summed E-state index contributed by atoms with van der Waals surface area (Å²) in [6, 6.07) is 9.53. The number of hydrogen-bond donors (Lipinski definition) is 3. The number of nitrogen functional groups attached to an aromatic ring is 1. The maximum absolute atomic E-state index is 14.0. The third-order valence-corrected chi connectivity index (χ3v) is 9.10. The van der Waals surface area contributed by atoms with Gasteiger partial charge in [-0.3, -0.25) is 4.79 Å². The molecule has 238 valence electrons. The molecule has 10 nitrogen and oxygen atoms in total. The Morgan fingerprint density at radius 3 is 2.36 bits per heavy atom. The number of nitrogens with zero attached hydrogens (tertiary/aromatic N) is 3. The number of piperidine rings is 1. The number of sulfonamides is 1. The summed E-state index contributed by atoms with van der Waals surface area (Å²) in [7, 11) is -4.33. The zero-order valence-electron chi connectivity index (χ0n) is 23.5. The van der Waals surface area contributed by atoms with E-state index < -0.39 is 40.0 Å². The number of benzene rings is 2. The molecule has 4 N–H and O–H groups in total. The second-order valence-corrected chi connectivity index (χ2v) is 12.1. The Morgan fingerprint density at radius 1 is 1.07 bits per heavy atom. The molecule has 0 aliphatic carbocycles. The predicted molar refractivity (Wildman–Crippen MR) is 151 cm³/mol. The molecule has 4 rings (SSSR count). The molecule has 2 atom stereocenters. The molecular weight excluding hydrogens is 611 g/mol. The molecule has 2 heterocycles. The Labute approximate surface area is 250 Å². The van der Waals surface area contributed by atoms with Crippen LogP contribution in [0.5, 0.6) is 5.75 Å². The molecule has 16 heteroatoms. The van der Waals surface area contributed by atoms with Crippen LogP contribution in [0.15, 0.2) is 65.8 Å². The zero-order chi connectivity index (χ0) is 32.1. The topological polar surface area (TPSA) is 140 Å². The summed E-state index contributed by atoms with van der Waals surface area (Å²) in [6.07, 6.45) is -3.57. The number of carbonyl (C=O) groups is 1. The summed E-state index contributed by atoms with van der Waals surface area (Å²) >= 11 is 0. The number of alkyl halides is 5. The van der Waals surface area contributed by atoms with Crippen molar-refractivity contribution in [1.29, 1.82) is 0 Å². The number of aromatic nitrogens is 2. The van der Waals surface area contributed by atoms with Gasteiger partial charge in [0.25, 0.3) is 5.92 Å². The van der Waals surface area contributed by atoms with Gasteiger partial charge in [-0.2, -0.15) is 4.31 Å². The fourth-order valence-electron chi connectivity index (χ4n) is 4.77. The Bertz CT molecular complexity index is 1540. The third kappa shape index (κ3) is 8.31. The van der Waals surface area contributed by atoms with Crippen molar-refractivity contribution in [3.8, 4) is 5.75 Å². The Hall–Kier alpha value is -4.05. The molecule has 2 aromatic carbocycles. The molecule has 1 aliphatic rings. The molecule has 1 saturated heterocycles. The van der Waals surface area contributed by atoms with E-state index in [9.17, 15) is 35.2 Å². The number of nitrogens with two attached hydrogens (primary N) is 1. The second-order valence-electron chi connectivity index (χ2n) is 10.2. The van der Waals surface area contributed by atoms with Crippen molar-refractivity contribution in [1.82, 2.24) is 19.6 Å². The summed E-state index contributed by atoms with van der Waals surface area (Å²) in [5.74, 6) is -3.68. The minimum Gasteiger partial charge on any atom is -0.406 e. The van der Waals surface area contributed by atoms with Crippen molar-refractivity contribution in [2.45, 2.75) is 56.0 Å². The summed E-state index contributed by atoms with van der Waals surface area (Å²) in [4.78, 5) is 21.1. The van der Waals surface area contributed by atoms with Crippen LogP contribution >= 0.6 is 0 Å². The fourth-order valence-corrected chi connectivity index (χ4v) is 6.39. The van der Waals surface area contributed by atoms with Crippen LogP contribution in [0.3, 0.4) is 0 Å². The van der Waals surface area contributed by atoms with Crippen molar-refractivity contribution in [2.75, 3.05) is 24.1 Å². The van der Waals surface area contributed by atoms with Crippen LogP contribution in [0.2, 0.25) is 0 Å². The minimum atomic E-state index is -4.95. The van der Waals surface area contributed by atoms with Crippen LogP contribution in [0, 0.1) is 5.92 Å². The Kier molecular flexibility index (Phi) is 9.93. The molecular formula is C28H31F5N6O4S. The molecule has 44 heavy (non-hydrogen) atoms. The van der Waals surface area contributed by atoms with Crippen LogP contribution in [0.1, 0.15) is 37.3 Å². The van der Waals surface area contributed by atoms with E-state index in [1.54, 1.807) is 0 Å². The normalized spacial score (nSPS) is 18.0. The van der Waals surface area contributed by atoms with Gasteiger partial charge in [-0.1, -0.05) is 31.2 Å². The van der Waals surface area contributed by atoms with Crippen LogP contribution in [0.25, 0.3) is 0 Å². The van der Waals surface area contributed by atoms with E-state index in [0.29, 0.717) is 24.3 Å². The van der Waals surface area contributed by atoms with Gasteiger partial charge in [-0.25, -0.2) is 27.2 Å². The predicted octanol–water partition coefficient (Wildman–Crippen LogP) is 4.66. The lowest BCUT2D eigenvalue weighted by atomic mass is 9.91. The summed E-state index contributed by atoms with van der Waals surface area (Å²) < 4.78 is 97.8. The molecule has 0 spiro atoms. The number of anilines is 2. The molecule has 1 aromatic heterocycles. The first kappa shape index (κ1) is 32.9. The number of amides is 1. The minimum absolute atomic E-state index is 0.0478. The zero-order valence-corrected chi connectivity index (χ0v) is 24.3. The SMILES string of the molecule is CCC(F)(F)c1ccc(CNC(=O)[C@H]2C[C@H](CNc3cc(N)ncn3)CCN2S(=O)(=O)c2ccc(OC(F)(F)F)cc2)cc1. The van der Waals surface area contributed by atoms with E-state index in [0.717, 1.165) is 28.6 Å². The van der Waals surface area contributed by atoms with Crippen LogP contribution in [0.4, 0.5) is 33.6 Å². The van der Waals surface area contributed by atoms with Gasteiger partial charge in [0, 0.05) is 37.7 Å². The molecule has 1 aliphatic heterocycles. The van der Waals surface area contributed by atoms with Gasteiger partial charge in [0.1, 0.15) is 29.8 Å². The quantitative estimate of drug-likeness (QED) is 0.257. The van der Waals surface area contributed by atoms with Gasteiger partial charge in [0.05, 0.1) is 4.90 Å². The van der Waals surface area contributed by atoms with Gasteiger partial charge in [-0.15, -0.1) is 13.2 Å². The third-order valence-electron chi connectivity index (χ3n) is 7.18. The van der Waals surface area contributed by atoms with E-state index in [1.807, 2.05) is 0 Å². The van der Waals surface area contributed by atoms with Gasteiger partial charge in [0.2, 0.25) is 15.9 Å². The fraction of sp³-hybridized carbons (Fsp3) is 0.393. The van der Waals surface area contributed by atoms with Crippen molar-refractivity contribution in [2.24, 2.45) is 5.92 Å². The van der Waals surface area contributed by atoms with Crippen molar-refractivity contribution in [3.63, 3.8) is 0 Å². The Balaban J connectivity index is 1.52. The highest BCUT2D eigenvalue weighted by Gasteiger charge is 2.41. The average molecular weight is 643 g/mol. The van der Waals surface area contributed by atoms with Crippen molar-refractivity contribution in [3.05, 3.63) is 72.1 Å². The number of halogens is 5. The lowest BCUT2D eigenvalue weighted by Crippen LogP contribution is -2.54. The molecule has 1 fully saturated rings. The maximum atomic E-state index is 14.0. The second kappa shape index (κ2) is 13.3. The number of ether oxygens (including phenoxy) is 1. The molecule has 0 radical (unpaired) electrons. The summed E-state index contributed by atoms with van der Waals surface area (Å²) in [6.45, 7) is 1.60. The highest BCUT2D eigenvalue weighted by molar-refractivity contribution is 7.89. The first-order chi connectivity index (χ1) is 20.7. The monoisotopic (exact) mass is 642 g/mol. The lowest BCUT2D eigenvalue weighted by molar-refractivity contribution is -0.274. The largest absolute Gasteiger partial charge is 0.573 e. The van der Waals surface area contributed by atoms with E-state index in [4.69, 9.17) is 5.73 Å². The van der Waals surface area contributed by atoms with Gasteiger partial charge in [-0.05, 0) is 48.6 Å². The van der Waals surface area contributed by atoms with Crippen molar-refractivity contribution < 1.29 is 39.9 Å². The van der Waals surface area contributed by atoms with Gasteiger partial charge >= 0.3 is 6.36 Å². The highest BCUT2D eigenvalue weighted by atomic mass is 32.2. The van der Waals surface area contributed by atoms with E-state index in [1.165, 1.54) is 43.6 Å². The van der Waals surface area contributed by atoms with Crippen LogP contribution in [-0.2, 0) is 27.3 Å². The molecule has 0 bridgehead atoms. The standard InChI is InChI=1S/C28H31F5N6O4S/c1-2-27(29,30)20-5-3-18(4-6-20)15-36-26(40)23-13-19(16-35-25-14-24(34)37-17-38-25)11-12-39(23)44(41,42)22-9-7-21(8-10-22)43-28(31,32)33/h3-10,14,17,19,23H,2,11-13,15-16H2,1H3,(H,36,40)(H3,34,35,37,38)/t19-,23-/m1/s1. The van der Waals surface area contributed by atoms with Crippen LogP contribution in [-0.4, -0.2) is 54.1 Å². The smallest absolute Gasteiger partial charge is 0.406 e. The van der Waals surface area contributed by atoms with Gasteiger partial charge < -0.3 is 21.1 Å². The first-order valence-electron chi connectivity index (χ1n) is 13.6.